The van der Waals surface area contributed by atoms with Gasteiger partial charge in [-0.05, 0) is 43.8 Å². The minimum absolute atomic E-state index is 0. The number of ether oxygens (including phenoxy) is 1. The van der Waals surface area contributed by atoms with Gasteiger partial charge in [-0.3, -0.25) is 10.1 Å². The second-order valence-corrected chi connectivity index (χ2v) is 5.12. The van der Waals surface area contributed by atoms with Crippen LogP contribution in [0.5, 0.6) is 0 Å². The van der Waals surface area contributed by atoms with Crippen molar-refractivity contribution in [3.05, 3.63) is 29.8 Å². The van der Waals surface area contributed by atoms with E-state index in [0.29, 0.717) is 24.4 Å². The van der Waals surface area contributed by atoms with E-state index in [1.807, 2.05) is 6.92 Å². The van der Waals surface area contributed by atoms with E-state index in [4.69, 9.17) is 4.74 Å². The molecule has 0 aliphatic rings. The smallest absolute Gasteiger partial charge is 0.411 e. The van der Waals surface area contributed by atoms with E-state index < -0.39 is 6.09 Å². The Balaban J connectivity index is 0.00000529. The van der Waals surface area contributed by atoms with Crippen LogP contribution in [0.1, 0.15) is 37.6 Å². The largest absolute Gasteiger partial charge is 0.449 e. The standard InChI is InChI=1S/C17H27N3O3.ClH/c1-4-13-23-17(22)19-15-9-7-14(8-10-15)16(21)18-11-12-20(5-2)6-3;/h7-10H,4-6,11-13H2,1-3H3,(H,18,21)(H,19,22);1H. The Labute approximate surface area is 150 Å². The summed E-state index contributed by atoms with van der Waals surface area (Å²) in [6.45, 7) is 9.91. The summed E-state index contributed by atoms with van der Waals surface area (Å²) in [5.74, 6) is -0.114. The van der Waals surface area contributed by atoms with Crippen molar-refractivity contribution in [2.75, 3.05) is 38.1 Å². The van der Waals surface area contributed by atoms with Crippen LogP contribution in [0.2, 0.25) is 0 Å². The van der Waals surface area contributed by atoms with E-state index in [2.05, 4.69) is 29.4 Å². The molecule has 0 unspecified atom stereocenters. The molecular weight excluding hydrogens is 330 g/mol. The number of benzene rings is 1. The van der Waals surface area contributed by atoms with Gasteiger partial charge < -0.3 is 15.0 Å². The van der Waals surface area contributed by atoms with Crippen LogP contribution in [0.25, 0.3) is 0 Å². The summed E-state index contributed by atoms with van der Waals surface area (Å²) in [4.78, 5) is 25.7. The minimum atomic E-state index is -0.483. The van der Waals surface area contributed by atoms with E-state index in [0.717, 1.165) is 26.1 Å². The van der Waals surface area contributed by atoms with Crippen LogP contribution >= 0.6 is 12.4 Å². The van der Waals surface area contributed by atoms with Crippen LogP contribution in [0.3, 0.4) is 0 Å². The first-order valence-electron chi connectivity index (χ1n) is 8.15. The van der Waals surface area contributed by atoms with Crippen molar-refractivity contribution in [1.82, 2.24) is 10.2 Å². The van der Waals surface area contributed by atoms with Crippen LogP contribution in [-0.4, -0.2) is 49.7 Å². The summed E-state index contributed by atoms with van der Waals surface area (Å²) in [6, 6.07) is 6.74. The van der Waals surface area contributed by atoms with E-state index in [-0.39, 0.29) is 18.3 Å². The molecule has 0 aliphatic carbocycles. The van der Waals surface area contributed by atoms with Crippen LogP contribution < -0.4 is 10.6 Å². The van der Waals surface area contributed by atoms with E-state index in [9.17, 15) is 9.59 Å². The highest BCUT2D eigenvalue weighted by atomic mass is 35.5. The van der Waals surface area contributed by atoms with Gasteiger partial charge >= 0.3 is 6.09 Å². The number of halogens is 1. The van der Waals surface area contributed by atoms with E-state index in [1.54, 1.807) is 24.3 Å². The number of anilines is 1. The molecule has 7 heteroatoms. The van der Waals surface area contributed by atoms with Gasteiger partial charge in [0.1, 0.15) is 0 Å². The first-order valence-corrected chi connectivity index (χ1v) is 8.15. The predicted molar refractivity (Wildman–Crippen MR) is 99.1 cm³/mol. The lowest BCUT2D eigenvalue weighted by Gasteiger charge is -2.17. The van der Waals surface area contributed by atoms with Crippen molar-refractivity contribution in [3.63, 3.8) is 0 Å². The molecule has 2 amide bonds. The third kappa shape index (κ3) is 8.17. The molecule has 0 aliphatic heterocycles. The fraction of sp³-hybridized carbons (Fsp3) is 0.529. The average molecular weight is 358 g/mol. The van der Waals surface area contributed by atoms with Gasteiger partial charge in [0.2, 0.25) is 0 Å². The van der Waals surface area contributed by atoms with Crippen molar-refractivity contribution < 1.29 is 14.3 Å². The van der Waals surface area contributed by atoms with Crippen LogP contribution in [-0.2, 0) is 4.74 Å². The first-order chi connectivity index (χ1) is 11.1. The Morgan fingerprint density at radius 3 is 2.25 bits per heavy atom. The molecule has 6 nitrogen and oxygen atoms in total. The van der Waals surface area contributed by atoms with E-state index in [1.165, 1.54) is 0 Å². The zero-order valence-corrected chi connectivity index (χ0v) is 15.4. The third-order valence-corrected chi connectivity index (χ3v) is 3.44. The molecule has 0 radical (unpaired) electrons. The lowest BCUT2D eigenvalue weighted by Crippen LogP contribution is -2.34. The zero-order chi connectivity index (χ0) is 17.1. The van der Waals surface area contributed by atoms with Crippen molar-refractivity contribution >= 4 is 30.1 Å². The average Bonchev–Trinajstić information content (AvgIpc) is 2.57. The number of hydrogen-bond donors (Lipinski definition) is 2. The topological polar surface area (TPSA) is 70.7 Å². The highest BCUT2D eigenvalue weighted by Gasteiger charge is 2.07. The van der Waals surface area contributed by atoms with Gasteiger partial charge in [-0.2, -0.15) is 0 Å². The Morgan fingerprint density at radius 1 is 1.08 bits per heavy atom. The minimum Gasteiger partial charge on any atom is -0.449 e. The molecule has 0 bridgehead atoms. The molecule has 136 valence electrons. The summed E-state index contributed by atoms with van der Waals surface area (Å²) < 4.78 is 4.94. The van der Waals surface area contributed by atoms with Gasteiger partial charge in [-0.1, -0.05) is 20.8 Å². The first kappa shape index (κ1) is 22.2. The number of rotatable bonds is 9. The molecule has 1 rings (SSSR count). The molecule has 0 saturated heterocycles. The molecule has 0 saturated carbocycles. The predicted octanol–water partition coefficient (Wildman–Crippen LogP) is 3.14. The summed E-state index contributed by atoms with van der Waals surface area (Å²) in [5, 5.41) is 5.51. The maximum atomic E-state index is 12.0. The van der Waals surface area contributed by atoms with Gasteiger partial charge in [0.15, 0.2) is 0 Å². The fourth-order valence-electron chi connectivity index (χ4n) is 2.02. The van der Waals surface area contributed by atoms with E-state index >= 15 is 0 Å². The monoisotopic (exact) mass is 357 g/mol. The van der Waals surface area contributed by atoms with Gasteiger partial charge in [-0.25, -0.2) is 4.79 Å². The number of carbonyl (C=O) groups excluding carboxylic acids is 2. The summed E-state index contributed by atoms with van der Waals surface area (Å²) in [5.41, 5.74) is 1.17. The Kier molecular flexibility index (Phi) is 11.7. The highest BCUT2D eigenvalue weighted by Crippen LogP contribution is 2.10. The molecule has 1 aromatic rings. The zero-order valence-electron chi connectivity index (χ0n) is 14.6. The van der Waals surface area contributed by atoms with Crippen LogP contribution in [0.4, 0.5) is 10.5 Å². The Bertz CT molecular complexity index is 490. The molecular formula is C17H28ClN3O3. The summed E-state index contributed by atoms with van der Waals surface area (Å²) in [7, 11) is 0. The van der Waals surface area contributed by atoms with Crippen LogP contribution in [0, 0.1) is 0 Å². The highest BCUT2D eigenvalue weighted by molar-refractivity contribution is 5.95. The van der Waals surface area contributed by atoms with Crippen molar-refractivity contribution in [1.29, 1.82) is 0 Å². The Morgan fingerprint density at radius 2 is 1.71 bits per heavy atom. The normalized spacial score (nSPS) is 10.0. The maximum absolute atomic E-state index is 12.0. The molecule has 0 spiro atoms. The quantitative estimate of drug-likeness (QED) is 0.712. The van der Waals surface area contributed by atoms with Crippen molar-refractivity contribution in [2.45, 2.75) is 27.2 Å². The van der Waals surface area contributed by atoms with Gasteiger partial charge in [0.25, 0.3) is 5.91 Å². The third-order valence-electron chi connectivity index (χ3n) is 3.44. The SMILES string of the molecule is CCCOC(=O)Nc1ccc(C(=O)NCCN(CC)CC)cc1.Cl. The number of nitrogens with zero attached hydrogens (tertiary/aromatic N) is 1. The lowest BCUT2D eigenvalue weighted by atomic mass is 10.2. The van der Waals surface area contributed by atoms with Crippen molar-refractivity contribution in [3.8, 4) is 0 Å². The maximum Gasteiger partial charge on any atom is 0.411 e. The fourth-order valence-corrected chi connectivity index (χ4v) is 2.02. The molecule has 24 heavy (non-hydrogen) atoms. The lowest BCUT2D eigenvalue weighted by molar-refractivity contribution is 0.0949. The molecule has 0 aromatic heterocycles. The van der Waals surface area contributed by atoms with Gasteiger partial charge in [0.05, 0.1) is 6.61 Å². The summed E-state index contributed by atoms with van der Waals surface area (Å²) in [6.07, 6.45) is 0.295. The number of nitrogens with one attached hydrogen (secondary N) is 2. The van der Waals surface area contributed by atoms with Gasteiger partial charge in [-0.15, -0.1) is 12.4 Å². The number of amides is 2. The number of carbonyl (C=O) groups is 2. The molecule has 0 atom stereocenters. The van der Waals surface area contributed by atoms with Crippen molar-refractivity contribution in [2.24, 2.45) is 0 Å². The summed E-state index contributed by atoms with van der Waals surface area (Å²) >= 11 is 0. The van der Waals surface area contributed by atoms with Gasteiger partial charge in [0, 0.05) is 24.3 Å². The Hall–Kier alpha value is -1.79. The molecule has 0 heterocycles. The molecule has 2 N–H and O–H groups in total. The molecule has 1 aromatic carbocycles. The number of likely N-dealkylation sites (N-methyl/N-ethyl adjacent to an activating group) is 1. The number of hydrogen-bond acceptors (Lipinski definition) is 4. The second-order valence-electron chi connectivity index (χ2n) is 5.12. The molecule has 0 fully saturated rings. The second kappa shape index (κ2) is 12.6. The van der Waals surface area contributed by atoms with Crippen LogP contribution in [0.15, 0.2) is 24.3 Å².